The average molecular weight is 217 g/mol. The monoisotopic (exact) mass is 217 g/mol. The highest BCUT2D eigenvalue weighted by atomic mass is 16.5. The topological polar surface area (TPSA) is 69.4 Å². The first-order valence-corrected chi connectivity index (χ1v) is 4.61. The lowest BCUT2D eigenvalue weighted by molar-refractivity contribution is 0.0438. The molecule has 0 aromatic heterocycles. The fourth-order valence-electron chi connectivity index (χ4n) is 1.03. The molecule has 1 amide bonds. The summed E-state index contributed by atoms with van der Waals surface area (Å²) in [5.74, 6) is 1.21. The lowest BCUT2D eigenvalue weighted by Gasteiger charge is -2.07. The highest BCUT2D eigenvalue weighted by molar-refractivity contribution is 5.95. The third-order valence-electron chi connectivity index (χ3n) is 1.92. The first-order valence-electron chi connectivity index (χ1n) is 4.61. The molecule has 0 saturated heterocycles. The molecule has 4 heteroatoms. The van der Waals surface area contributed by atoms with Crippen LogP contribution in [0.25, 0.3) is 0 Å². The van der Waals surface area contributed by atoms with Crippen molar-refractivity contribution in [2.24, 2.45) is 5.73 Å². The molecule has 1 aromatic rings. The van der Waals surface area contributed by atoms with Gasteiger partial charge in [-0.3, -0.25) is 4.79 Å². The number of esters is 1. The molecule has 0 radical (unpaired) electrons. The van der Waals surface area contributed by atoms with Crippen molar-refractivity contribution in [2.45, 2.75) is 13.0 Å². The van der Waals surface area contributed by atoms with Crippen molar-refractivity contribution in [3.63, 3.8) is 0 Å². The molecular weight excluding hydrogens is 206 g/mol. The summed E-state index contributed by atoms with van der Waals surface area (Å²) in [5.41, 5.74) is 5.72. The van der Waals surface area contributed by atoms with Crippen LogP contribution < -0.4 is 5.73 Å². The number of ether oxygens (including phenoxy) is 1. The van der Waals surface area contributed by atoms with E-state index in [2.05, 4.69) is 5.92 Å². The van der Waals surface area contributed by atoms with E-state index < -0.39 is 18.0 Å². The number of hydrogen-bond donors (Lipinski definition) is 1. The van der Waals surface area contributed by atoms with Gasteiger partial charge in [0.1, 0.15) is 0 Å². The van der Waals surface area contributed by atoms with Crippen molar-refractivity contribution in [3.05, 3.63) is 35.4 Å². The number of rotatable bonds is 3. The van der Waals surface area contributed by atoms with E-state index in [0.29, 0.717) is 11.1 Å². The Morgan fingerprint density at radius 1 is 1.31 bits per heavy atom. The largest absolute Gasteiger partial charge is 0.446 e. The maximum atomic E-state index is 11.5. The Hall–Kier alpha value is -2.28. The molecule has 2 N–H and O–H groups in total. The van der Waals surface area contributed by atoms with Crippen molar-refractivity contribution in [3.8, 4) is 12.3 Å². The fraction of sp³-hybridized carbons (Fsp3) is 0.167. The number of hydrogen-bond acceptors (Lipinski definition) is 3. The number of carbonyl (C=O) groups is 2. The van der Waals surface area contributed by atoms with Crippen LogP contribution in [0.3, 0.4) is 0 Å². The van der Waals surface area contributed by atoms with Crippen molar-refractivity contribution in [1.82, 2.24) is 0 Å². The van der Waals surface area contributed by atoms with E-state index in [-0.39, 0.29) is 0 Å². The molecule has 0 aliphatic heterocycles. The zero-order chi connectivity index (χ0) is 12.1. The fourth-order valence-corrected chi connectivity index (χ4v) is 1.03. The predicted octanol–water partition coefficient (Wildman–Crippen LogP) is 0.964. The van der Waals surface area contributed by atoms with Crippen LogP contribution >= 0.6 is 0 Å². The Balaban J connectivity index is 2.79. The van der Waals surface area contributed by atoms with E-state index in [1.165, 1.54) is 24.3 Å². The molecule has 16 heavy (non-hydrogen) atoms. The summed E-state index contributed by atoms with van der Waals surface area (Å²) < 4.78 is 4.89. The van der Waals surface area contributed by atoms with E-state index in [1.807, 2.05) is 0 Å². The van der Waals surface area contributed by atoms with Crippen LogP contribution in [-0.4, -0.2) is 18.0 Å². The Morgan fingerprint density at radius 3 is 2.25 bits per heavy atom. The molecule has 4 nitrogen and oxygen atoms in total. The molecule has 0 fully saturated rings. The van der Waals surface area contributed by atoms with Gasteiger partial charge < -0.3 is 10.5 Å². The molecule has 0 heterocycles. The minimum atomic E-state index is -0.580. The Kier molecular flexibility index (Phi) is 3.67. The summed E-state index contributed by atoms with van der Waals surface area (Å²) in [6.07, 6.45) is 4.49. The number of nitrogens with two attached hydrogens (primary N) is 1. The molecule has 1 atom stereocenters. The lowest BCUT2D eigenvalue weighted by atomic mass is 10.1. The van der Waals surface area contributed by atoms with Gasteiger partial charge in [-0.1, -0.05) is 5.92 Å². The van der Waals surface area contributed by atoms with Gasteiger partial charge in [0.2, 0.25) is 5.91 Å². The van der Waals surface area contributed by atoms with Crippen LogP contribution in [0.1, 0.15) is 27.6 Å². The van der Waals surface area contributed by atoms with Crippen molar-refractivity contribution >= 4 is 11.9 Å². The highest BCUT2D eigenvalue weighted by Crippen LogP contribution is 2.06. The van der Waals surface area contributed by atoms with Crippen LogP contribution in [0.2, 0.25) is 0 Å². The Labute approximate surface area is 93.4 Å². The molecule has 1 rings (SSSR count). The van der Waals surface area contributed by atoms with Gasteiger partial charge in [-0.2, -0.15) is 0 Å². The van der Waals surface area contributed by atoms with Crippen LogP contribution in [0.5, 0.6) is 0 Å². The predicted molar refractivity (Wildman–Crippen MR) is 58.7 cm³/mol. The third kappa shape index (κ3) is 2.85. The van der Waals surface area contributed by atoms with Crippen LogP contribution in [0.15, 0.2) is 24.3 Å². The molecule has 1 aromatic carbocycles. The SMILES string of the molecule is C#C[C@H](C)OC(=O)c1ccc(C(N)=O)cc1. The molecular formula is C12H11NO3. The number of primary amides is 1. The third-order valence-corrected chi connectivity index (χ3v) is 1.92. The minimum absolute atomic E-state index is 0.326. The van der Waals surface area contributed by atoms with E-state index in [0.717, 1.165) is 0 Å². The van der Waals surface area contributed by atoms with Gasteiger partial charge in [-0.15, -0.1) is 6.42 Å². The van der Waals surface area contributed by atoms with Crippen molar-refractivity contribution < 1.29 is 14.3 Å². The maximum absolute atomic E-state index is 11.5. The number of terminal acetylenes is 1. The molecule has 0 unspecified atom stereocenters. The normalized spacial score (nSPS) is 11.2. The molecule has 0 saturated carbocycles. The van der Waals surface area contributed by atoms with Gasteiger partial charge in [0.15, 0.2) is 6.10 Å². The van der Waals surface area contributed by atoms with Crippen molar-refractivity contribution in [2.75, 3.05) is 0 Å². The number of benzene rings is 1. The van der Waals surface area contributed by atoms with Crippen LogP contribution in [0, 0.1) is 12.3 Å². The summed E-state index contributed by atoms with van der Waals surface area (Å²) in [6, 6.07) is 5.84. The summed E-state index contributed by atoms with van der Waals surface area (Å²) in [4.78, 5) is 22.2. The van der Waals surface area contributed by atoms with Gasteiger partial charge in [0.25, 0.3) is 0 Å². The quantitative estimate of drug-likeness (QED) is 0.605. The standard InChI is InChI=1S/C12H11NO3/c1-3-8(2)16-12(15)10-6-4-9(5-7-10)11(13)14/h1,4-8H,2H3,(H2,13,14)/t8-/m0/s1. The van der Waals surface area contributed by atoms with Crippen LogP contribution in [-0.2, 0) is 4.74 Å². The first-order chi connectivity index (χ1) is 7.54. The zero-order valence-electron chi connectivity index (χ0n) is 8.77. The van der Waals surface area contributed by atoms with Gasteiger partial charge >= 0.3 is 5.97 Å². The number of amides is 1. The molecule has 0 aliphatic carbocycles. The first kappa shape index (κ1) is 11.8. The summed E-state index contributed by atoms with van der Waals surface area (Å²) >= 11 is 0. The van der Waals surface area contributed by atoms with Gasteiger partial charge in [0.05, 0.1) is 5.56 Å². The summed E-state index contributed by atoms with van der Waals surface area (Å²) in [7, 11) is 0. The minimum Gasteiger partial charge on any atom is -0.446 e. The summed E-state index contributed by atoms with van der Waals surface area (Å²) in [5, 5.41) is 0. The average Bonchev–Trinajstić information content (AvgIpc) is 2.28. The van der Waals surface area contributed by atoms with Gasteiger partial charge in [0, 0.05) is 5.56 Å². The zero-order valence-corrected chi connectivity index (χ0v) is 8.77. The van der Waals surface area contributed by atoms with E-state index in [9.17, 15) is 9.59 Å². The lowest BCUT2D eigenvalue weighted by Crippen LogP contribution is -2.14. The van der Waals surface area contributed by atoms with E-state index >= 15 is 0 Å². The Morgan fingerprint density at radius 2 is 1.81 bits per heavy atom. The van der Waals surface area contributed by atoms with Crippen LogP contribution in [0.4, 0.5) is 0 Å². The highest BCUT2D eigenvalue weighted by Gasteiger charge is 2.10. The van der Waals surface area contributed by atoms with Gasteiger partial charge in [-0.05, 0) is 31.2 Å². The molecule has 82 valence electrons. The van der Waals surface area contributed by atoms with E-state index in [4.69, 9.17) is 16.9 Å². The van der Waals surface area contributed by atoms with Crippen molar-refractivity contribution in [1.29, 1.82) is 0 Å². The second-order valence-corrected chi connectivity index (χ2v) is 3.16. The molecule has 0 spiro atoms. The molecule has 0 bridgehead atoms. The smallest absolute Gasteiger partial charge is 0.339 e. The van der Waals surface area contributed by atoms with E-state index in [1.54, 1.807) is 6.92 Å². The second kappa shape index (κ2) is 4.99. The maximum Gasteiger partial charge on any atom is 0.339 e. The van der Waals surface area contributed by atoms with Gasteiger partial charge in [-0.25, -0.2) is 4.79 Å². The second-order valence-electron chi connectivity index (χ2n) is 3.16. The molecule has 0 aliphatic rings. The Bertz CT molecular complexity index is 442. The number of carbonyl (C=O) groups excluding carboxylic acids is 2. The summed E-state index contributed by atoms with van der Waals surface area (Å²) in [6.45, 7) is 1.59.